The van der Waals surface area contributed by atoms with Crippen LogP contribution in [-0.2, 0) is 4.79 Å². The van der Waals surface area contributed by atoms with Crippen LogP contribution in [0.5, 0.6) is 0 Å². The Morgan fingerprint density at radius 1 is 1.53 bits per heavy atom. The molecule has 17 heavy (non-hydrogen) atoms. The first-order valence-electron chi connectivity index (χ1n) is 5.59. The molecule has 1 amide bonds. The Hall–Kier alpha value is -0.430. The Morgan fingerprint density at radius 3 is 2.82 bits per heavy atom. The molecule has 100 valence electrons. The number of alkyl halides is 3. The van der Waals surface area contributed by atoms with Gasteiger partial charge in [-0.15, -0.1) is 0 Å². The highest BCUT2D eigenvalue weighted by Gasteiger charge is 2.28. The van der Waals surface area contributed by atoms with E-state index < -0.39 is 12.7 Å². The molecule has 1 aliphatic heterocycles. The van der Waals surface area contributed by atoms with Gasteiger partial charge in [0.25, 0.3) is 0 Å². The number of nitrogens with one attached hydrogen (secondary N) is 1. The zero-order valence-corrected chi connectivity index (χ0v) is 10.5. The monoisotopic (exact) mass is 270 g/mol. The van der Waals surface area contributed by atoms with Gasteiger partial charge in [0.15, 0.2) is 0 Å². The summed E-state index contributed by atoms with van der Waals surface area (Å²) >= 11 is 1.82. The summed E-state index contributed by atoms with van der Waals surface area (Å²) < 4.78 is 35.6. The highest BCUT2D eigenvalue weighted by molar-refractivity contribution is 8.00. The summed E-state index contributed by atoms with van der Waals surface area (Å²) in [6.45, 7) is 1.98. The molecule has 0 aromatic carbocycles. The largest absolute Gasteiger partial charge is 0.401 e. The van der Waals surface area contributed by atoms with E-state index >= 15 is 0 Å². The molecule has 1 unspecified atom stereocenters. The van der Waals surface area contributed by atoms with Crippen molar-refractivity contribution in [1.29, 1.82) is 0 Å². The first-order valence-corrected chi connectivity index (χ1v) is 6.64. The van der Waals surface area contributed by atoms with Gasteiger partial charge in [-0.25, -0.2) is 0 Å². The van der Waals surface area contributed by atoms with Gasteiger partial charge >= 0.3 is 6.18 Å². The first-order chi connectivity index (χ1) is 7.92. The number of amides is 1. The Bertz CT molecular complexity index is 260. The molecule has 1 heterocycles. The van der Waals surface area contributed by atoms with Crippen LogP contribution >= 0.6 is 11.8 Å². The van der Waals surface area contributed by atoms with E-state index in [0.29, 0.717) is 18.3 Å². The second-order valence-corrected chi connectivity index (χ2v) is 5.37. The Morgan fingerprint density at radius 2 is 2.24 bits per heavy atom. The molecule has 0 aromatic heterocycles. The van der Waals surface area contributed by atoms with E-state index in [1.165, 1.54) is 0 Å². The molecule has 1 fully saturated rings. The van der Waals surface area contributed by atoms with Crippen LogP contribution in [0.3, 0.4) is 0 Å². The van der Waals surface area contributed by atoms with Crippen LogP contribution in [0.15, 0.2) is 0 Å². The van der Waals surface area contributed by atoms with Gasteiger partial charge in [0.2, 0.25) is 5.91 Å². The molecule has 1 atom stereocenters. The van der Waals surface area contributed by atoms with Gasteiger partial charge in [-0.2, -0.15) is 24.9 Å². The maximum Gasteiger partial charge on any atom is 0.401 e. The maximum absolute atomic E-state index is 11.9. The molecule has 0 radical (unpaired) electrons. The Balaban J connectivity index is 2.27. The van der Waals surface area contributed by atoms with E-state index in [2.05, 4.69) is 5.32 Å². The van der Waals surface area contributed by atoms with E-state index in [0.717, 1.165) is 12.2 Å². The fraction of sp³-hybridized carbons (Fsp3) is 0.900. The second-order valence-electron chi connectivity index (χ2n) is 3.96. The fourth-order valence-electron chi connectivity index (χ4n) is 1.62. The molecule has 3 nitrogen and oxygen atoms in total. The topological polar surface area (TPSA) is 32.3 Å². The lowest BCUT2D eigenvalue weighted by atomic mass is 10.3. The Labute approximate surface area is 103 Å². The molecular weight excluding hydrogens is 253 g/mol. The average molecular weight is 270 g/mol. The smallest absolute Gasteiger partial charge is 0.340 e. The first kappa shape index (κ1) is 14.6. The molecule has 0 aromatic rings. The van der Waals surface area contributed by atoms with E-state index in [-0.39, 0.29) is 12.5 Å². The molecule has 1 saturated heterocycles. The number of rotatable bonds is 4. The van der Waals surface area contributed by atoms with Crippen molar-refractivity contribution in [3.63, 3.8) is 0 Å². The second kappa shape index (κ2) is 6.49. The summed E-state index contributed by atoms with van der Waals surface area (Å²) in [4.78, 5) is 13.3. The molecular formula is C10H17F3N2OS. The van der Waals surface area contributed by atoms with Crippen LogP contribution in [0.2, 0.25) is 0 Å². The van der Waals surface area contributed by atoms with Gasteiger partial charge in [0.05, 0.1) is 13.1 Å². The van der Waals surface area contributed by atoms with Gasteiger partial charge in [-0.05, 0) is 6.42 Å². The quantitative estimate of drug-likeness (QED) is 0.840. The summed E-state index contributed by atoms with van der Waals surface area (Å²) in [5.41, 5.74) is 0. The highest BCUT2D eigenvalue weighted by Crippen LogP contribution is 2.20. The maximum atomic E-state index is 11.9. The average Bonchev–Trinajstić information content (AvgIpc) is 2.27. The van der Waals surface area contributed by atoms with Gasteiger partial charge in [0.1, 0.15) is 0 Å². The van der Waals surface area contributed by atoms with E-state index in [1.807, 2.05) is 18.7 Å². The van der Waals surface area contributed by atoms with Gasteiger partial charge in [-0.1, -0.05) is 6.92 Å². The van der Waals surface area contributed by atoms with E-state index in [9.17, 15) is 18.0 Å². The van der Waals surface area contributed by atoms with Crippen LogP contribution in [0.25, 0.3) is 0 Å². The lowest BCUT2D eigenvalue weighted by Crippen LogP contribution is -2.46. The minimum Gasteiger partial charge on any atom is -0.340 e. The van der Waals surface area contributed by atoms with E-state index in [4.69, 9.17) is 0 Å². The lowest BCUT2D eigenvalue weighted by molar-refractivity contribution is -0.134. The van der Waals surface area contributed by atoms with Crippen molar-refractivity contribution in [3.05, 3.63) is 0 Å². The number of carbonyl (C=O) groups excluding carboxylic acids is 1. The summed E-state index contributed by atoms with van der Waals surface area (Å²) in [5, 5.41) is 2.54. The molecule has 0 bridgehead atoms. The summed E-state index contributed by atoms with van der Waals surface area (Å²) in [5.74, 6) is 0.622. The number of halogens is 3. The predicted molar refractivity (Wildman–Crippen MR) is 62.0 cm³/mol. The number of hydrogen-bond donors (Lipinski definition) is 1. The Kier molecular flexibility index (Phi) is 5.58. The molecule has 1 rings (SSSR count). The van der Waals surface area contributed by atoms with Gasteiger partial charge in [0, 0.05) is 24.1 Å². The van der Waals surface area contributed by atoms with Crippen molar-refractivity contribution in [1.82, 2.24) is 10.2 Å². The number of hydrogen-bond acceptors (Lipinski definition) is 3. The van der Waals surface area contributed by atoms with Crippen molar-refractivity contribution >= 4 is 17.7 Å². The standard InChI is InChI=1S/C10H17F3N2OS/c1-2-8-6-15(3-4-17-8)9(16)5-14-7-10(11,12)13/h8,14H,2-7H2,1H3. The minimum absolute atomic E-state index is 0.236. The molecule has 7 heteroatoms. The van der Waals surface area contributed by atoms with Crippen LogP contribution in [-0.4, -0.2) is 54.2 Å². The van der Waals surface area contributed by atoms with Crippen molar-refractivity contribution in [2.45, 2.75) is 24.8 Å². The molecule has 0 spiro atoms. The fourth-order valence-corrected chi connectivity index (χ4v) is 2.80. The number of carbonyl (C=O) groups is 1. The predicted octanol–water partition coefficient (Wildman–Crippen LogP) is 1.49. The molecule has 0 aliphatic carbocycles. The number of nitrogens with zero attached hydrogens (tertiary/aromatic N) is 1. The lowest BCUT2D eigenvalue weighted by Gasteiger charge is -2.32. The van der Waals surface area contributed by atoms with Crippen LogP contribution < -0.4 is 5.32 Å². The minimum atomic E-state index is -4.26. The SMILES string of the molecule is CCC1CN(C(=O)CNCC(F)(F)F)CCS1. The van der Waals surface area contributed by atoms with Gasteiger partial charge < -0.3 is 10.2 Å². The highest BCUT2D eigenvalue weighted by atomic mass is 32.2. The summed E-state index contributed by atoms with van der Waals surface area (Å²) in [6, 6.07) is 0. The zero-order valence-electron chi connectivity index (χ0n) is 9.72. The third-order valence-corrected chi connectivity index (χ3v) is 3.92. The molecule has 0 saturated carbocycles. The van der Waals surface area contributed by atoms with Crippen molar-refractivity contribution in [2.75, 3.05) is 31.9 Å². The third kappa shape index (κ3) is 5.63. The van der Waals surface area contributed by atoms with Crippen LogP contribution in [0.1, 0.15) is 13.3 Å². The summed E-state index contributed by atoms with van der Waals surface area (Å²) in [6.07, 6.45) is -3.28. The van der Waals surface area contributed by atoms with Crippen LogP contribution in [0, 0.1) is 0 Å². The van der Waals surface area contributed by atoms with Crippen molar-refractivity contribution in [2.24, 2.45) is 0 Å². The molecule has 1 aliphatic rings. The summed E-state index contributed by atoms with van der Waals surface area (Å²) in [7, 11) is 0. The molecule has 1 N–H and O–H groups in total. The zero-order chi connectivity index (χ0) is 12.9. The number of thioether (sulfide) groups is 1. The van der Waals surface area contributed by atoms with Crippen molar-refractivity contribution in [3.8, 4) is 0 Å². The van der Waals surface area contributed by atoms with Gasteiger partial charge in [-0.3, -0.25) is 4.79 Å². The van der Waals surface area contributed by atoms with Crippen molar-refractivity contribution < 1.29 is 18.0 Å². The normalized spacial score (nSPS) is 21.6. The third-order valence-electron chi connectivity index (χ3n) is 2.55. The van der Waals surface area contributed by atoms with Crippen LogP contribution in [0.4, 0.5) is 13.2 Å². The van der Waals surface area contributed by atoms with E-state index in [1.54, 1.807) is 4.90 Å².